The van der Waals surface area contributed by atoms with Crippen molar-refractivity contribution in [2.24, 2.45) is 33.6 Å². The first kappa shape index (κ1) is 20.7. The predicted molar refractivity (Wildman–Crippen MR) is 112 cm³/mol. The average Bonchev–Trinajstić information content (AvgIpc) is 3.33. The van der Waals surface area contributed by atoms with E-state index in [-0.39, 0.29) is 59.7 Å². The van der Waals surface area contributed by atoms with E-state index in [2.05, 4.69) is 6.21 Å². The van der Waals surface area contributed by atoms with Gasteiger partial charge in [0.25, 0.3) is 0 Å². The highest BCUT2D eigenvalue weighted by Crippen LogP contribution is 2.82. The van der Waals surface area contributed by atoms with E-state index in [1.165, 1.54) is 0 Å². The molecule has 1 saturated heterocycles. The van der Waals surface area contributed by atoms with Crippen molar-refractivity contribution in [3.05, 3.63) is 0 Å². The lowest BCUT2D eigenvalue weighted by Gasteiger charge is -2.68. The fraction of sp³-hybridized carbons (Fsp3) is 0.958. The van der Waals surface area contributed by atoms with Gasteiger partial charge in [0.05, 0.1) is 31.0 Å². The van der Waals surface area contributed by atoms with E-state index >= 15 is 0 Å². The molecule has 8 heteroatoms. The molecule has 32 heavy (non-hydrogen) atoms. The summed E-state index contributed by atoms with van der Waals surface area (Å²) in [6, 6.07) is -0.116. The third-order valence-corrected chi connectivity index (χ3v) is 11.3. The Balaban J connectivity index is 1.54. The van der Waals surface area contributed by atoms with Gasteiger partial charge < -0.3 is 33.5 Å². The van der Waals surface area contributed by atoms with Gasteiger partial charge in [-0.3, -0.25) is 4.99 Å². The second kappa shape index (κ2) is 6.14. The molecular formula is C24H35NO7. The van der Waals surface area contributed by atoms with Crippen LogP contribution in [-0.4, -0.2) is 94.3 Å². The lowest BCUT2D eigenvalue weighted by molar-refractivity contribution is -0.318. The lowest BCUT2D eigenvalue weighted by Crippen LogP contribution is -2.83. The topological polar surface area (TPSA) is 88.0 Å². The molecule has 2 aliphatic heterocycles. The zero-order valence-corrected chi connectivity index (χ0v) is 19.4. The molecule has 0 aromatic carbocycles. The molecule has 0 radical (unpaired) electrons. The maximum absolute atomic E-state index is 12.9. The first-order valence-electron chi connectivity index (χ1n) is 12.1. The summed E-state index contributed by atoms with van der Waals surface area (Å²) in [4.78, 5) is 5.29. The quantitative estimate of drug-likeness (QED) is 0.674. The highest BCUT2D eigenvalue weighted by Gasteiger charge is 2.94. The number of nitrogens with zero attached hydrogens (tertiary/aromatic N) is 1. The van der Waals surface area contributed by atoms with Crippen LogP contribution in [0.4, 0.5) is 0 Å². The molecule has 6 fully saturated rings. The Morgan fingerprint density at radius 1 is 1.06 bits per heavy atom. The van der Waals surface area contributed by atoms with E-state index in [0.29, 0.717) is 13.0 Å². The number of hydrogen-bond donors (Lipinski definition) is 1. The minimum absolute atomic E-state index is 0.00613. The molecule has 1 N–H and O–H groups in total. The van der Waals surface area contributed by atoms with Crippen LogP contribution in [0.3, 0.4) is 0 Å². The number of methoxy groups -OCH3 is 4. The second-order valence-electron chi connectivity index (χ2n) is 11.4. The van der Waals surface area contributed by atoms with Gasteiger partial charge in [0.15, 0.2) is 0 Å². The first-order valence-corrected chi connectivity index (χ1v) is 12.1. The Hall–Kier alpha value is -0.610. The number of hydrogen-bond acceptors (Lipinski definition) is 8. The summed E-state index contributed by atoms with van der Waals surface area (Å²) in [5.74, 6) is 0.268. The van der Waals surface area contributed by atoms with Crippen LogP contribution in [0.2, 0.25) is 0 Å². The summed E-state index contributed by atoms with van der Waals surface area (Å²) in [7, 11) is 7.07. The fourth-order valence-corrected chi connectivity index (χ4v) is 10.6. The summed E-state index contributed by atoms with van der Waals surface area (Å²) >= 11 is 0. The molecule has 0 aromatic rings. The summed E-state index contributed by atoms with van der Waals surface area (Å²) in [6.45, 7) is 0.787. The molecule has 7 rings (SSSR count). The van der Waals surface area contributed by atoms with Crippen LogP contribution in [0.5, 0.6) is 0 Å². The number of aliphatic imine (C=N–C) groups is 1. The zero-order valence-electron chi connectivity index (χ0n) is 19.4. The molecular weight excluding hydrogens is 414 g/mol. The van der Waals surface area contributed by atoms with Crippen molar-refractivity contribution in [3.63, 3.8) is 0 Å². The standard InChI is InChI=1S/C24H35NO7/c1-27-11-20-6-5-17(29-3)23-15-7-13-14(28-2)8-22(24(15,26)18(13)30-4)21(9-16(20)23,31-12-32-22)19(23)25-10-20/h10,13-19,26H,5-9,11-12H2,1-4H3/t13-,14+,15+,16-,17+,18+,19-,20+,21-,22+,23-,24+/m1/s1. The third kappa shape index (κ3) is 1.72. The van der Waals surface area contributed by atoms with Crippen LogP contribution < -0.4 is 0 Å². The van der Waals surface area contributed by atoms with Gasteiger partial charge in [0, 0.05) is 63.7 Å². The molecule has 7 aliphatic rings. The Labute approximate surface area is 188 Å². The molecule has 0 aromatic heterocycles. The molecule has 2 heterocycles. The van der Waals surface area contributed by atoms with Gasteiger partial charge in [-0.2, -0.15) is 0 Å². The van der Waals surface area contributed by atoms with Gasteiger partial charge in [0.1, 0.15) is 23.6 Å². The van der Waals surface area contributed by atoms with Crippen LogP contribution in [0.15, 0.2) is 4.99 Å². The maximum atomic E-state index is 12.9. The summed E-state index contributed by atoms with van der Waals surface area (Å²) in [6.07, 6.45) is 5.84. The van der Waals surface area contributed by atoms with Gasteiger partial charge in [-0.05, 0) is 31.6 Å². The van der Waals surface area contributed by atoms with Gasteiger partial charge >= 0.3 is 0 Å². The van der Waals surface area contributed by atoms with Crippen molar-refractivity contribution in [2.45, 2.75) is 73.3 Å². The smallest absolute Gasteiger partial charge is 0.148 e. The predicted octanol–water partition coefficient (Wildman–Crippen LogP) is 1.18. The number of fused-ring (bicyclic) bond motifs is 1. The summed E-state index contributed by atoms with van der Waals surface area (Å²) in [5, 5.41) is 12.9. The molecule has 0 unspecified atom stereocenters. The monoisotopic (exact) mass is 449 g/mol. The normalized spacial score (nSPS) is 63.0. The van der Waals surface area contributed by atoms with Crippen LogP contribution in [0, 0.1) is 28.6 Å². The van der Waals surface area contributed by atoms with E-state index in [1.54, 1.807) is 21.3 Å². The molecule has 7 bridgehead atoms. The van der Waals surface area contributed by atoms with Crippen molar-refractivity contribution < 1.29 is 33.5 Å². The zero-order chi connectivity index (χ0) is 22.1. The van der Waals surface area contributed by atoms with Crippen molar-refractivity contribution >= 4 is 6.21 Å². The minimum atomic E-state index is -1.18. The summed E-state index contributed by atoms with van der Waals surface area (Å²) in [5.41, 5.74) is -3.33. The van der Waals surface area contributed by atoms with Crippen molar-refractivity contribution in [1.82, 2.24) is 0 Å². The average molecular weight is 450 g/mol. The molecule has 178 valence electrons. The van der Waals surface area contributed by atoms with E-state index in [1.807, 2.05) is 7.11 Å². The van der Waals surface area contributed by atoms with Crippen molar-refractivity contribution in [1.29, 1.82) is 0 Å². The molecule has 12 atom stereocenters. The van der Waals surface area contributed by atoms with E-state index in [9.17, 15) is 5.11 Å². The minimum Gasteiger partial charge on any atom is -0.384 e. The molecule has 8 nitrogen and oxygen atoms in total. The summed E-state index contributed by atoms with van der Waals surface area (Å²) < 4.78 is 37.4. The Morgan fingerprint density at radius 2 is 1.91 bits per heavy atom. The van der Waals surface area contributed by atoms with Gasteiger partial charge in [-0.15, -0.1) is 0 Å². The third-order valence-electron chi connectivity index (χ3n) is 11.3. The number of rotatable bonds is 5. The molecule has 0 amide bonds. The fourth-order valence-electron chi connectivity index (χ4n) is 10.6. The van der Waals surface area contributed by atoms with Crippen LogP contribution in [-0.2, 0) is 28.4 Å². The van der Waals surface area contributed by atoms with Gasteiger partial charge in [-0.25, -0.2) is 0 Å². The maximum Gasteiger partial charge on any atom is 0.148 e. The van der Waals surface area contributed by atoms with Gasteiger partial charge in [-0.1, -0.05) is 0 Å². The highest BCUT2D eigenvalue weighted by molar-refractivity contribution is 5.71. The van der Waals surface area contributed by atoms with Gasteiger partial charge in [0.2, 0.25) is 0 Å². The van der Waals surface area contributed by atoms with Crippen LogP contribution >= 0.6 is 0 Å². The molecule has 5 aliphatic carbocycles. The van der Waals surface area contributed by atoms with E-state index in [4.69, 9.17) is 33.4 Å². The first-order chi connectivity index (χ1) is 15.5. The second-order valence-corrected chi connectivity index (χ2v) is 11.4. The van der Waals surface area contributed by atoms with Crippen molar-refractivity contribution in [3.8, 4) is 0 Å². The number of ether oxygens (including phenoxy) is 6. The van der Waals surface area contributed by atoms with Crippen molar-refractivity contribution in [2.75, 3.05) is 41.8 Å². The molecule has 5 saturated carbocycles. The molecule has 3 spiro atoms. The van der Waals surface area contributed by atoms with Crippen LogP contribution in [0.25, 0.3) is 0 Å². The van der Waals surface area contributed by atoms with E-state index in [0.717, 1.165) is 25.7 Å². The van der Waals surface area contributed by atoms with E-state index < -0.39 is 16.8 Å². The SMILES string of the molecule is COC[C@@]12C=N[C@H]3[C@@]4([C@@H](OC)CC1)[C@@H]2C[C@@]31OCO[C@@]12C[C@H](OC)[C@H]1C[C@@H]4[C@]2(O)[C@H]1OC. The lowest BCUT2D eigenvalue weighted by atomic mass is 9.42. The highest BCUT2D eigenvalue weighted by atomic mass is 16.7. The Kier molecular flexibility index (Phi) is 3.98. The van der Waals surface area contributed by atoms with Crippen LogP contribution in [0.1, 0.15) is 32.1 Å². The Bertz CT molecular complexity index is 869. The number of aliphatic hydroxyl groups is 1. The largest absolute Gasteiger partial charge is 0.384 e. The Morgan fingerprint density at radius 3 is 2.62 bits per heavy atom.